The van der Waals surface area contributed by atoms with Crippen molar-refractivity contribution in [2.45, 2.75) is 38.1 Å². The standard InChI is InChI=1S/C23H29Cl2N3O4.K/c24-18-7-5-17(15-19(18)25)6-8-21(29)28-14-13-27(23(32)20(28)16-22(30)31)12-4-11-26-9-2-1-3-10-26;/h5-8,15,20H,1-4,9-14,16H2,(H,30,31);/q;+1/p-1/b8-6+;. The molecule has 1 unspecified atom stereocenters. The molecule has 0 aromatic heterocycles. The van der Waals surface area contributed by atoms with Crippen molar-refractivity contribution in [3.05, 3.63) is 39.9 Å². The Kier molecular flexibility index (Phi) is 12.4. The van der Waals surface area contributed by atoms with Gasteiger partial charge < -0.3 is 24.6 Å². The fraction of sp³-hybridized carbons (Fsp3) is 0.522. The monoisotopic (exact) mass is 519 g/mol. The van der Waals surface area contributed by atoms with Crippen LogP contribution in [0.5, 0.6) is 0 Å². The maximum absolute atomic E-state index is 13.0. The van der Waals surface area contributed by atoms with Crippen molar-refractivity contribution in [2.75, 3.05) is 39.3 Å². The first-order valence-electron chi connectivity index (χ1n) is 11.0. The minimum Gasteiger partial charge on any atom is -0.550 e. The Morgan fingerprint density at radius 3 is 2.42 bits per heavy atom. The number of carbonyl (C=O) groups is 3. The van der Waals surface area contributed by atoms with Gasteiger partial charge >= 0.3 is 51.4 Å². The van der Waals surface area contributed by atoms with Crippen molar-refractivity contribution in [1.82, 2.24) is 14.7 Å². The van der Waals surface area contributed by atoms with Crippen molar-refractivity contribution < 1.29 is 70.9 Å². The number of halogens is 2. The van der Waals surface area contributed by atoms with Crippen LogP contribution >= 0.6 is 23.2 Å². The van der Waals surface area contributed by atoms with Crippen LogP contribution in [0.1, 0.15) is 37.7 Å². The van der Waals surface area contributed by atoms with Crippen LogP contribution in [0.25, 0.3) is 6.08 Å². The third-order valence-corrected chi connectivity index (χ3v) is 6.68. The zero-order valence-corrected chi connectivity index (χ0v) is 23.6. The summed E-state index contributed by atoms with van der Waals surface area (Å²) in [5.41, 5.74) is 0.673. The number of nitrogens with zero attached hydrogens (tertiary/aromatic N) is 3. The third-order valence-electron chi connectivity index (χ3n) is 5.94. The Labute approximate surface area is 247 Å². The zero-order chi connectivity index (χ0) is 23.1. The molecule has 10 heteroatoms. The van der Waals surface area contributed by atoms with Gasteiger partial charge in [-0.1, -0.05) is 35.7 Å². The molecule has 2 amide bonds. The number of carboxylic acids is 1. The number of likely N-dealkylation sites (tertiary alicyclic amines) is 1. The van der Waals surface area contributed by atoms with Crippen LogP contribution in [0.3, 0.4) is 0 Å². The zero-order valence-electron chi connectivity index (χ0n) is 19.0. The second kappa shape index (κ2) is 14.2. The summed E-state index contributed by atoms with van der Waals surface area (Å²) in [5.74, 6) is -2.12. The number of carboxylic acid groups (broad SMARTS) is 1. The minimum absolute atomic E-state index is 0. The molecule has 2 saturated heterocycles. The van der Waals surface area contributed by atoms with Gasteiger partial charge in [0.2, 0.25) is 11.8 Å². The Balaban J connectivity index is 0.00000385. The van der Waals surface area contributed by atoms with Gasteiger partial charge in [-0.15, -0.1) is 0 Å². The van der Waals surface area contributed by atoms with Gasteiger partial charge in [0.15, 0.2) is 0 Å². The molecule has 2 heterocycles. The summed E-state index contributed by atoms with van der Waals surface area (Å²) in [6, 6.07) is 3.90. The van der Waals surface area contributed by atoms with E-state index in [9.17, 15) is 19.5 Å². The van der Waals surface area contributed by atoms with Crippen LogP contribution in [0.4, 0.5) is 0 Å². The first kappa shape index (κ1) is 28.8. The number of amides is 2. The molecule has 0 aliphatic carbocycles. The maximum atomic E-state index is 13.0. The fourth-order valence-electron chi connectivity index (χ4n) is 4.23. The summed E-state index contributed by atoms with van der Waals surface area (Å²) in [6.07, 6.45) is 6.89. The van der Waals surface area contributed by atoms with Crippen LogP contribution in [0.15, 0.2) is 24.3 Å². The molecule has 0 saturated carbocycles. The molecule has 1 atom stereocenters. The van der Waals surface area contributed by atoms with Gasteiger partial charge in [-0.3, -0.25) is 9.59 Å². The van der Waals surface area contributed by atoms with E-state index in [1.165, 1.54) is 30.2 Å². The van der Waals surface area contributed by atoms with Gasteiger partial charge in [-0.25, -0.2) is 0 Å². The second-order valence-corrected chi connectivity index (χ2v) is 9.03. The predicted molar refractivity (Wildman–Crippen MR) is 122 cm³/mol. The Bertz CT molecular complexity index is 877. The van der Waals surface area contributed by atoms with Crippen LogP contribution in [0.2, 0.25) is 10.0 Å². The van der Waals surface area contributed by atoms with Gasteiger partial charge in [-0.2, -0.15) is 0 Å². The summed E-state index contributed by atoms with van der Waals surface area (Å²) in [4.78, 5) is 42.4. The summed E-state index contributed by atoms with van der Waals surface area (Å²) >= 11 is 11.9. The SMILES string of the molecule is O=C([O-])CC1C(=O)N(CCCN2CCCCC2)CCN1C(=O)/C=C/c1ccc(Cl)c(Cl)c1.[K+]. The van der Waals surface area contributed by atoms with Crippen molar-refractivity contribution in [2.24, 2.45) is 0 Å². The van der Waals surface area contributed by atoms with Crippen molar-refractivity contribution in [3.8, 4) is 0 Å². The van der Waals surface area contributed by atoms with Crippen LogP contribution in [-0.2, 0) is 14.4 Å². The molecule has 0 radical (unpaired) electrons. The number of piperidine rings is 1. The topological polar surface area (TPSA) is 84.0 Å². The molecule has 33 heavy (non-hydrogen) atoms. The predicted octanol–water partition coefficient (Wildman–Crippen LogP) is -0.934. The molecule has 7 nitrogen and oxygen atoms in total. The van der Waals surface area contributed by atoms with Gasteiger partial charge in [0, 0.05) is 38.1 Å². The fourth-order valence-corrected chi connectivity index (χ4v) is 4.53. The summed E-state index contributed by atoms with van der Waals surface area (Å²) in [6.45, 7) is 4.32. The van der Waals surface area contributed by atoms with E-state index in [-0.39, 0.29) is 63.8 Å². The normalized spacial score (nSPS) is 19.6. The molecule has 0 bridgehead atoms. The van der Waals surface area contributed by atoms with Gasteiger partial charge in [-0.05, 0) is 62.7 Å². The minimum atomic E-state index is -1.36. The van der Waals surface area contributed by atoms with Crippen molar-refractivity contribution in [3.63, 3.8) is 0 Å². The number of hydrogen-bond acceptors (Lipinski definition) is 5. The van der Waals surface area contributed by atoms with E-state index < -0.39 is 24.3 Å². The molecular formula is C23H28Cl2KN3O4. The van der Waals surface area contributed by atoms with Gasteiger partial charge in [0.25, 0.3) is 0 Å². The van der Waals surface area contributed by atoms with E-state index in [0.717, 1.165) is 26.1 Å². The molecule has 2 aliphatic rings. The van der Waals surface area contributed by atoms with Crippen molar-refractivity contribution >= 4 is 47.1 Å². The third kappa shape index (κ3) is 8.61. The molecule has 2 fully saturated rings. The Hall–Kier alpha value is -0.454. The van der Waals surface area contributed by atoms with Crippen LogP contribution < -0.4 is 56.5 Å². The first-order chi connectivity index (χ1) is 15.3. The number of hydrogen-bond donors (Lipinski definition) is 0. The van der Waals surface area contributed by atoms with E-state index in [0.29, 0.717) is 28.7 Å². The molecule has 0 spiro atoms. The van der Waals surface area contributed by atoms with E-state index in [4.69, 9.17) is 23.2 Å². The largest absolute Gasteiger partial charge is 1.00 e. The number of aliphatic carboxylic acids is 1. The smallest absolute Gasteiger partial charge is 0.550 e. The van der Waals surface area contributed by atoms with Crippen molar-refractivity contribution in [1.29, 1.82) is 0 Å². The maximum Gasteiger partial charge on any atom is 1.00 e. The number of benzene rings is 1. The molecule has 1 aromatic rings. The molecular weight excluding hydrogens is 492 g/mol. The quantitative estimate of drug-likeness (QED) is 0.327. The Morgan fingerprint density at radius 1 is 1.03 bits per heavy atom. The van der Waals surface area contributed by atoms with Crippen LogP contribution in [0, 0.1) is 0 Å². The molecule has 3 rings (SSSR count). The molecule has 1 aromatic carbocycles. The number of carbonyl (C=O) groups excluding carboxylic acids is 3. The van der Waals surface area contributed by atoms with E-state index >= 15 is 0 Å². The van der Waals surface area contributed by atoms with Crippen LogP contribution in [-0.4, -0.2) is 77.8 Å². The average molecular weight is 520 g/mol. The molecule has 2 aliphatic heterocycles. The summed E-state index contributed by atoms with van der Waals surface area (Å²) < 4.78 is 0. The second-order valence-electron chi connectivity index (χ2n) is 8.21. The van der Waals surface area contributed by atoms with Gasteiger partial charge in [0.1, 0.15) is 6.04 Å². The summed E-state index contributed by atoms with van der Waals surface area (Å²) in [7, 11) is 0. The van der Waals surface area contributed by atoms with E-state index in [2.05, 4.69) is 4.90 Å². The number of rotatable bonds is 8. The molecule has 0 N–H and O–H groups in total. The molecule has 174 valence electrons. The van der Waals surface area contributed by atoms with E-state index in [1.54, 1.807) is 29.2 Å². The first-order valence-corrected chi connectivity index (χ1v) is 11.8. The summed E-state index contributed by atoms with van der Waals surface area (Å²) in [5, 5.41) is 12.1. The van der Waals surface area contributed by atoms with E-state index in [1.807, 2.05) is 0 Å². The number of piperazine rings is 1. The Morgan fingerprint density at radius 2 is 1.76 bits per heavy atom. The average Bonchev–Trinajstić information content (AvgIpc) is 2.77. The van der Waals surface area contributed by atoms with Gasteiger partial charge in [0.05, 0.1) is 10.0 Å².